The molecule has 0 radical (unpaired) electrons. The molecule has 1 aromatic heterocycles. The second kappa shape index (κ2) is 9.63. The molecule has 3 aromatic rings. The van der Waals surface area contributed by atoms with Gasteiger partial charge in [-0.3, -0.25) is 9.59 Å². The van der Waals surface area contributed by atoms with Crippen LogP contribution >= 0.6 is 11.3 Å². The molecule has 0 saturated carbocycles. The van der Waals surface area contributed by atoms with Crippen LogP contribution in [-0.2, 0) is 26.1 Å². The Hall–Kier alpha value is -3.02. The van der Waals surface area contributed by atoms with E-state index in [4.69, 9.17) is 9.47 Å². The second-order valence-corrected chi connectivity index (χ2v) is 10.00. The van der Waals surface area contributed by atoms with Crippen LogP contribution in [0.5, 0.6) is 5.75 Å². The molecule has 0 fully saturated rings. The smallest absolute Gasteiger partial charge is 0.326 e. The van der Waals surface area contributed by atoms with Crippen LogP contribution in [0.25, 0.3) is 10.2 Å². The Kier molecular flexibility index (Phi) is 7.12. The van der Waals surface area contributed by atoms with E-state index < -0.39 is 21.9 Å². The molecule has 0 bridgehead atoms. The molecule has 0 atom stereocenters. The van der Waals surface area contributed by atoms with E-state index >= 15 is 0 Å². The molecule has 0 saturated heterocycles. The maximum Gasteiger partial charge on any atom is 0.326 e. The summed E-state index contributed by atoms with van der Waals surface area (Å²) in [5.74, 6) is -0.373. The number of nitrogens with zero attached hydrogens (tertiary/aromatic N) is 3. The first kappa shape index (κ1) is 23.6. The Morgan fingerprint density at radius 3 is 2.41 bits per heavy atom. The van der Waals surface area contributed by atoms with Crippen molar-refractivity contribution >= 4 is 43.5 Å². The number of aromatic nitrogens is 1. The van der Waals surface area contributed by atoms with Crippen LogP contribution in [0.15, 0.2) is 52.4 Å². The summed E-state index contributed by atoms with van der Waals surface area (Å²) in [6.45, 7) is 1.85. The third-order valence-electron chi connectivity index (χ3n) is 4.56. The molecule has 3 rings (SSSR count). The fourth-order valence-corrected chi connectivity index (χ4v) is 4.84. The third-order valence-corrected chi connectivity index (χ3v) is 7.43. The zero-order valence-corrected chi connectivity index (χ0v) is 19.7. The summed E-state index contributed by atoms with van der Waals surface area (Å²) in [6, 6.07) is 10.9. The Morgan fingerprint density at radius 1 is 1.12 bits per heavy atom. The molecule has 2 aromatic carbocycles. The second-order valence-electron chi connectivity index (χ2n) is 6.84. The van der Waals surface area contributed by atoms with E-state index in [1.807, 2.05) is 0 Å². The predicted molar refractivity (Wildman–Crippen MR) is 120 cm³/mol. The highest BCUT2D eigenvalue weighted by atomic mass is 32.2. The topological polar surface area (TPSA) is 107 Å². The van der Waals surface area contributed by atoms with E-state index in [-0.39, 0.29) is 23.6 Å². The summed E-state index contributed by atoms with van der Waals surface area (Å²) in [5.41, 5.74) is 0.934. The van der Waals surface area contributed by atoms with Crippen molar-refractivity contribution in [2.24, 2.45) is 4.99 Å². The number of methoxy groups -OCH3 is 1. The first-order chi connectivity index (χ1) is 15.2. The molecule has 32 heavy (non-hydrogen) atoms. The lowest BCUT2D eigenvalue weighted by atomic mass is 10.2. The molecular weight excluding hydrogens is 454 g/mol. The number of hydrogen-bond donors (Lipinski definition) is 0. The van der Waals surface area contributed by atoms with Crippen molar-refractivity contribution < 1.29 is 27.5 Å². The van der Waals surface area contributed by atoms with Crippen molar-refractivity contribution in [3.63, 3.8) is 0 Å². The van der Waals surface area contributed by atoms with Gasteiger partial charge in [0.15, 0.2) is 4.80 Å². The molecule has 170 valence electrons. The van der Waals surface area contributed by atoms with Crippen molar-refractivity contribution in [1.82, 2.24) is 8.87 Å². The number of thiazole rings is 1. The van der Waals surface area contributed by atoms with E-state index in [9.17, 15) is 18.0 Å². The number of fused-ring (bicyclic) bond motifs is 1. The number of hydrogen-bond acceptors (Lipinski definition) is 7. The predicted octanol–water partition coefficient (Wildman–Crippen LogP) is 2.27. The number of rotatable bonds is 7. The molecular formula is C21H23N3O6S2. The van der Waals surface area contributed by atoms with Gasteiger partial charge in [0.1, 0.15) is 12.3 Å². The summed E-state index contributed by atoms with van der Waals surface area (Å²) < 4.78 is 38.2. The number of ether oxygens (including phenoxy) is 2. The van der Waals surface area contributed by atoms with Crippen molar-refractivity contribution in [2.75, 3.05) is 27.8 Å². The van der Waals surface area contributed by atoms with E-state index in [2.05, 4.69) is 4.99 Å². The molecule has 1 amide bonds. The van der Waals surface area contributed by atoms with Crippen LogP contribution in [0.3, 0.4) is 0 Å². The van der Waals surface area contributed by atoms with E-state index in [0.29, 0.717) is 16.1 Å². The number of esters is 1. The lowest BCUT2D eigenvalue weighted by Crippen LogP contribution is -2.23. The average molecular weight is 478 g/mol. The zero-order chi connectivity index (χ0) is 23.5. The van der Waals surface area contributed by atoms with Gasteiger partial charge in [0, 0.05) is 19.7 Å². The molecule has 0 aliphatic rings. The van der Waals surface area contributed by atoms with Crippen LogP contribution in [0.1, 0.15) is 17.3 Å². The molecule has 0 aliphatic carbocycles. The molecule has 9 nitrogen and oxygen atoms in total. The maximum atomic E-state index is 12.8. The summed E-state index contributed by atoms with van der Waals surface area (Å²) >= 11 is 1.23. The van der Waals surface area contributed by atoms with Crippen LogP contribution < -0.4 is 9.54 Å². The normalized spacial score (nSPS) is 12.3. The summed E-state index contributed by atoms with van der Waals surface area (Å²) in [4.78, 5) is 29.5. The van der Waals surface area contributed by atoms with Gasteiger partial charge in [0.05, 0.1) is 28.8 Å². The number of carbonyl (C=O) groups excluding carboxylic acids is 2. The third kappa shape index (κ3) is 4.90. The molecule has 1 heterocycles. The van der Waals surface area contributed by atoms with E-state index in [1.54, 1.807) is 36.8 Å². The van der Waals surface area contributed by atoms with Crippen LogP contribution in [-0.4, -0.2) is 57.0 Å². The van der Waals surface area contributed by atoms with Gasteiger partial charge >= 0.3 is 5.97 Å². The minimum absolute atomic E-state index is 0.0744. The maximum absolute atomic E-state index is 12.8. The first-order valence-electron chi connectivity index (χ1n) is 9.62. The highest BCUT2D eigenvalue weighted by Gasteiger charge is 2.18. The standard InChI is InChI=1S/C21H23N3O6S2/c1-5-30-19(25)13-24-17-11-8-15(29-4)12-18(17)31-21(24)22-20(26)14-6-9-16(10-7-14)32(27,28)23(2)3/h6-12H,5,13H2,1-4H3. The molecule has 0 spiro atoms. The van der Waals surface area contributed by atoms with Crippen molar-refractivity contribution in [2.45, 2.75) is 18.4 Å². The van der Waals surface area contributed by atoms with Gasteiger partial charge in [-0.15, -0.1) is 0 Å². The SMILES string of the molecule is CCOC(=O)Cn1c(=NC(=O)c2ccc(S(=O)(=O)N(C)C)cc2)sc2cc(OC)ccc21. The monoisotopic (exact) mass is 477 g/mol. The fraction of sp³-hybridized carbons (Fsp3) is 0.286. The highest BCUT2D eigenvalue weighted by molar-refractivity contribution is 7.89. The fourth-order valence-electron chi connectivity index (χ4n) is 2.89. The number of amides is 1. The zero-order valence-electron chi connectivity index (χ0n) is 18.1. The van der Waals surface area contributed by atoms with E-state index in [0.717, 1.165) is 9.01 Å². The minimum atomic E-state index is -3.60. The number of sulfonamides is 1. The molecule has 0 N–H and O–H groups in total. The summed E-state index contributed by atoms with van der Waals surface area (Å²) in [6.07, 6.45) is 0. The van der Waals surface area contributed by atoms with Crippen molar-refractivity contribution in [3.05, 3.63) is 52.8 Å². The van der Waals surface area contributed by atoms with Crippen LogP contribution in [0.4, 0.5) is 0 Å². The Balaban J connectivity index is 2.04. The van der Waals surface area contributed by atoms with Crippen molar-refractivity contribution in [3.8, 4) is 5.75 Å². The Morgan fingerprint density at radius 2 is 1.81 bits per heavy atom. The van der Waals surface area contributed by atoms with Gasteiger partial charge in [-0.1, -0.05) is 11.3 Å². The lowest BCUT2D eigenvalue weighted by molar-refractivity contribution is -0.143. The minimum Gasteiger partial charge on any atom is -0.497 e. The van der Waals surface area contributed by atoms with E-state index in [1.165, 1.54) is 49.7 Å². The van der Waals surface area contributed by atoms with Gasteiger partial charge in [-0.2, -0.15) is 4.99 Å². The Labute approximate surface area is 189 Å². The molecule has 11 heteroatoms. The van der Waals surface area contributed by atoms with Gasteiger partial charge in [-0.05, 0) is 49.4 Å². The van der Waals surface area contributed by atoms with Crippen molar-refractivity contribution in [1.29, 1.82) is 0 Å². The van der Waals surface area contributed by atoms with Gasteiger partial charge in [0.25, 0.3) is 5.91 Å². The quantitative estimate of drug-likeness (QED) is 0.483. The number of benzene rings is 2. The summed E-state index contributed by atoms with van der Waals surface area (Å²) in [5, 5.41) is 0. The Bertz CT molecular complexity index is 1320. The molecule has 0 aliphatic heterocycles. The number of carbonyl (C=O) groups is 2. The van der Waals surface area contributed by atoms with Crippen LogP contribution in [0, 0.1) is 0 Å². The average Bonchev–Trinajstić information content (AvgIpc) is 3.09. The van der Waals surface area contributed by atoms with Gasteiger partial charge < -0.3 is 14.0 Å². The van der Waals surface area contributed by atoms with Crippen LogP contribution in [0.2, 0.25) is 0 Å². The largest absolute Gasteiger partial charge is 0.497 e. The van der Waals surface area contributed by atoms with Gasteiger partial charge in [0.2, 0.25) is 10.0 Å². The molecule has 0 unspecified atom stereocenters. The highest BCUT2D eigenvalue weighted by Crippen LogP contribution is 2.23. The lowest BCUT2D eigenvalue weighted by Gasteiger charge is -2.11. The first-order valence-corrected chi connectivity index (χ1v) is 11.9. The summed E-state index contributed by atoms with van der Waals surface area (Å²) in [7, 11) is 0.816. The van der Waals surface area contributed by atoms with Gasteiger partial charge in [-0.25, -0.2) is 12.7 Å².